The number of rotatable bonds is 7. The van der Waals surface area contributed by atoms with Gasteiger partial charge >= 0.3 is 5.97 Å². The number of hydrogen-bond donors (Lipinski definition) is 1. The van der Waals surface area contributed by atoms with E-state index in [0.29, 0.717) is 35.9 Å². The molecule has 2 aromatic heterocycles. The van der Waals surface area contributed by atoms with Gasteiger partial charge in [-0.2, -0.15) is 5.10 Å². The lowest BCUT2D eigenvalue weighted by atomic mass is 9.97. The van der Waals surface area contributed by atoms with Crippen LogP contribution in [0.5, 0.6) is 0 Å². The van der Waals surface area contributed by atoms with Crippen molar-refractivity contribution in [3.63, 3.8) is 0 Å². The summed E-state index contributed by atoms with van der Waals surface area (Å²) in [6.45, 7) is 6.33. The summed E-state index contributed by atoms with van der Waals surface area (Å²) >= 11 is 6.69. The number of carbonyl (C=O) groups excluding carboxylic acids is 2. The zero-order valence-electron chi connectivity index (χ0n) is 21.5. The molecule has 3 aromatic rings. The molecule has 0 atom stereocenters. The summed E-state index contributed by atoms with van der Waals surface area (Å²) in [5, 5.41) is 16.0. The summed E-state index contributed by atoms with van der Waals surface area (Å²) < 4.78 is 13.1. The number of methoxy groups -OCH3 is 1. The normalized spacial score (nSPS) is 11.9. The minimum atomic E-state index is -0.316. The van der Waals surface area contributed by atoms with Gasteiger partial charge in [0.25, 0.3) is 0 Å². The third-order valence-electron chi connectivity index (χ3n) is 5.76. The third-order valence-corrected chi connectivity index (χ3v) is 6.07. The number of aldehydes is 1. The molecule has 0 aliphatic carbocycles. The van der Waals surface area contributed by atoms with E-state index < -0.39 is 0 Å². The number of halogens is 1. The van der Waals surface area contributed by atoms with Gasteiger partial charge in [-0.05, 0) is 37.3 Å². The van der Waals surface area contributed by atoms with Crippen LogP contribution in [0.15, 0.2) is 12.1 Å². The van der Waals surface area contributed by atoms with Gasteiger partial charge < -0.3 is 19.1 Å². The zero-order valence-corrected chi connectivity index (χ0v) is 22.2. The van der Waals surface area contributed by atoms with Crippen molar-refractivity contribution in [1.82, 2.24) is 14.3 Å². The minimum absolute atomic E-state index is 0.178. The Bertz CT molecular complexity index is 1170. The second-order valence-corrected chi connectivity index (χ2v) is 8.37. The summed E-state index contributed by atoms with van der Waals surface area (Å²) in [4.78, 5) is 23.0. The summed E-state index contributed by atoms with van der Waals surface area (Å²) in [5.74, 6) is -0.316. The molecular weight excluding hydrogens is 470 g/mol. The first-order valence-electron chi connectivity index (χ1n) is 11.9. The number of ether oxygens (including phenoxy) is 2. The molecule has 0 radical (unpaired) electrons. The quantitative estimate of drug-likeness (QED) is 0.283. The van der Waals surface area contributed by atoms with Crippen LogP contribution in [-0.2, 0) is 47.3 Å². The van der Waals surface area contributed by atoms with Crippen LogP contribution in [0.3, 0.4) is 0 Å². The maximum atomic E-state index is 12.0. The molecule has 0 bridgehead atoms. The zero-order chi connectivity index (χ0) is 26.1. The lowest BCUT2D eigenvalue weighted by molar-refractivity contribution is -0.141. The maximum Gasteiger partial charge on any atom is 0.302 e. The van der Waals surface area contributed by atoms with Gasteiger partial charge in [0.1, 0.15) is 0 Å². The van der Waals surface area contributed by atoms with E-state index in [9.17, 15) is 14.7 Å². The first-order valence-corrected chi connectivity index (χ1v) is 12.3. The van der Waals surface area contributed by atoms with Crippen molar-refractivity contribution in [2.75, 3.05) is 20.8 Å². The van der Waals surface area contributed by atoms with Crippen molar-refractivity contribution in [3.8, 4) is 11.1 Å². The lowest BCUT2D eigenvalue weighted by Crippen LogP contribution is -2.03. The molecule has 1 N–H and O–H groups in total. The van der Waals surface area contributed by atoms with Gasteiger partial charge in [0.05, 0.1) is 35.1 Å². The Labute approximate surface area is 211 Å². The van der Waals surface area contributed by atoms with Crippen LogP contribution in [0.25, 0.3) is 22.0 Å². The van der Waals surface area contributed by atoms with E-state index in [1.165, 1.54) is 6.92 Å². The molecule has 1 aliphatic heterocycles. The second kappa shape index (κ2) is 13.4. The van der Waals surface area contributed by atoms with Gasteiger partial charge in [-0.1, -0.05) is 31.5 Å². The lowest BCUT2D eigenvalue weighted by Gasteiger charge is -2.11. The number of benzene rings is 1. The number of hydrogen-bond acceptors (Lipinski definition) is 6. The van der Waals surface area contributed by atoms with Crippen molar-refractivity contribution in [2.24, 2.45) is 7.05 Å². The third kappa shape index (κ3) is 5.94. The van der Waals surface area contributed by atoms with Crippen LogP contribution in [0.1, 0.15) is 61.1 Å². The molecule has 0 fully saturated rings. The van der Waals surface area contributed by atoms with E-state index in [0.717, 1.165) is 59.0 Å². The van der Waals surface area contributed by atoms with E-state index in [2.05, 4.69) is 9.84 Å². The fourth-order valence-corrected chi connectivity index (χ4v) is 4.77. The Balaban J connectivity index is 0.000000803. The second-order valence-electron chi connectivity index (χ2n) is 7.96. The fraction of sp³-hybridized carbons (Fsp3) is 0.500. The molecule has 3 heterocycles. The van der Waals surface area contributed by atoms with Crippen LogP contribution in [0.2, 0.25) is 5.02 Å². The highest BCUT2D eigenvalue weighted by Gasteiger charge is 2.28. The molecular formula is C26H36ClN3O5. The van der Waals surface area contributed by atoms with Gasteiger partial charge in [0.2, 0.25) is 0 Å². The Morgan fingerprint density at radius 3 is 2.54 bits per heavy atom. The van der Waals surface area contributed by atoms with Crippen LogP contribution < -0.4 is 0 Å². The average molecular weight is 506 g/mol. The van der Waals surface area contributed by atoms with Crippen LogP contribution >= 0.6 is 11.6 Å². The Morgan fingerprint density at radius 2 is 1.94 bits per heavy atom. The monoisotopic (exact) mass is 505 g/mol. The van der Waals surface area contributed by atoms with Crippen LogP contribution in [-0.4, -0.2) is 52.5 Å². The molecule has 9 heteroatoms. The van der Waals surface area contributed by atoms with E-state index in [1.54, 1.807) is 14.2 Å². The van der Waals surface area contributed by atoms with Gasteiger partial charge in [0, 0.05) is 56.9 Å². The summed E-state index contributed by atoms with van der Waals surface area (Å²) in [6.07, 6.45) is 3.94. The van der Waals surface area contributed by atoms with Crippen molar-refractivity contribution in [3.05, 3.63) is 39.8 Å². The van der Waals surface area contributed by atoms with E-state index in [4.69, 9.17) is 16.3 Å². The predicted molar refractivity (Wildman–Crippen MR) is 138 cm³/mol. The molecule has 0 saturated heterocycles. The number of aliphatic hydroxyl groups is 1. The number of esters is 1. The van der Waals surface area contributed by atoms with Crippen molar-refractivity contribution < 1.29 is 24.2 Å². The number of aliphatic hydroxyl groups excluding tert-OH is 1. The molecule has 0 amide bonds. The minimum Gasteiger partial charge on any atom is -0.466 e. The van der Waals surface area contributed by atoms with Crippen molar-refractivity contribution >= 4 is 34.8 Å². The average Bonchev–Trinajstić information content (AvgIpc) is 3.50. The molecule has 0 unspecified atom stereocenters. The molecule has 0 spiro atoms. The molecule has 4 rings (SSSR count). The standard InChI is InChI=1S/C22H24ClN3O4.C2H6O.C2H6/c1-13(29)30-10-4-5-14-15-7-8-16(23)20(22(15)25(2)19(14)12-28)21-17(11-27)24-26-9-3-6-18(21)26;1-3-2;1-2/h7-8,12,27H,3-6,9-11H2,1-2H3;1-2H3;1-2H3. The number of carbonyl (C=O) groups is 2. The SMILES string of the molecule is CC.CC(=O)OCCCc1c(C=O)n(C)c2c(-c3c(CO)nn4c3CCC4)c(Cl)ccc12.COC. The Kier molecular flexibility index (Phi) is 10.9. The highest BCUT2D eigenvalue weighted by molar-refractivity contribution is 6.35. The highest BCUT2D eigenvalue weighted by atomic mass is 35.5. The fourth-order valence-electron chi connectivity index (χ4n) is 4.52. The van der Waals surface area contributed by atoms with Crippen molar-refractivity contribution in [2.45, 2.75) is 59.6 Å². The molecule has 192 valence electrons. The highest BCUT2D eigenvalue weighted by Crippen LogP contribution is 2.42. The van der Waals surface area contributed by atoms with Crippen LogP contribution in [0, 0.1) is 0 Å². The number of aryl methyl sites for hydroxylation is 3. The molecule has 35 heavy (non-hydrogen) atoms. The number of nitrogens with zero attached hydrogens (tertiary/aromatic N) is 3. The predicted octanol–water partition coefficient (Wildman–Crippen LogP) is 4.73. The smallest absolute Gasteiger partial charge is 0.302 e. The first-order chi connectivity index (χ1) is 16.9. The van der Waals surface area contributed by atoms with Crippen molar-refractivity contribution in [1.29, 1.82) is 0 Å². The Hall–Kier alpha value is -2.68. The van der Waals surface area contributed by atoms with Gasteiger partial charge in [-0.25, -0.2) is 0 Å². The number of fused-ring (bicyclic) bond motifs is 2. The summed E-state index contributed by atoms with van der Waals surface area (Å²) in [6, 6.07) is 3.77. The molecule has 1 aromatic carbocycles. The number of aromatic nitrogens is 3. The molecule has 0 saturated carbocycles. The molecule has 8 nitrogen and oxygen atoms in total. The summed E-state index contributed by atoms with van der Waals surface area (Å²) in [5.41, 5.74) is 5.67. The van der Waals surface area contributed by atoms with E-state index in [1.807, 2.05) is 42.3 Å². The Morgan fingerprint density at radius 1 is 1.26 bits per heavy atom. The van der Waals surface area contributed by atoms with E-state index >= 15 is 0 Å². The van der Waals surface area contributed by atoms with Gasteiger partial charge in [-0.15, -0.1) is 0 Å². The largest absolute Gasteiger partial charge is 0.466 e. The topological polar surface area (TPSA) is 95.6 Å². The first kappa shape index (κ1) is 28.6. The van der Waals surface area contributed by atoms with Gasteiger partial charge in [0.15, 0.2) is 6.29 Å². The summed E-state index contributed by atoms with van der Waals surface area (Å²) in [7, 11) is 5.10. The van der Waals surface area contributed by atoms with Gasteiger partial charge in [-0.3, -0.25) is 14.3 Å². The van der Waals surface area contributed by atoms with E-state index in [-0.39, 0.29) is 12.6 Å². The van der Waals surface area contributed by atoms with Crippen LogP contribution in [0.4, 0.5) is 0 Å². The molecule has 1 aliphatic rings. The maximum absolute atomic E-state index is 12.0.